The molecule has 1 nitrogen and oxygen atoms in total. The highest BCUT2D eigenvalue weighted by Gasteiger charge is 2.33. The molecule has 0 aliphatic heterocycles. The van der Waals surface area contributed by atoms with Crippen molar-refractivity contribution in [1.82, 2.24) is 0 Å². The minimum Gasteiger partial charge on any atom is -0.393 e. The number of hydrogen-bond donors (Lipinski definition) is 1. The van der Waals surface area contributed by atoms with Gasteiger partial charge in [0.05, 0.1) is 0 Å². The zero-order valence-electron chi connectivity index (χ0n) is 3.66. The summed E-state index contributed by atoms with van der Waals surface area (Å²) in [5.74, 6) is 0. The van der Waals surface area contributed by atoms with Gasteiger partial charge in [0.25, 0.3) is 0 Å². The Morgan fingerprint density at radius 1 is 1.43 bits per heavy atom. The van der Waals surface area contributed by atoms with E-state index in [-0.39, 0.29) is 0 Å². The normalized spacial score (nSPS) is 16.6. The predicted molar refractivity (Wildman–Crippen MR) is 20.6 cm³/mol. The molecule has 0 radical (unpaired) electrons. The summed E-state index contributed by atoms with van der Waals surface area (Å²) in [7, 11) is 0.681. The van der Waals surface area contributed by atoms with E-state index in [1.807, 2.05) is 0 Å². The van der Waals surface area contributed by atoms with Crippen LogP contribution in [0.15, 0.2) is 0 Å². The molecule has 1 N–H and O–H groups in total. The second kappa shape index (κ2) is 1.73. The Balaban J connectivity index is 3.54. The van der Waals surface area contributed by atoms with Gasteiger partial charge in [-0.1, -0.05) is 0 Å². The zero-order valence-corrected chi connectivity index (χ0v) is 3.66. The molecule has 7 heavy (non-hydrogen) atoms. The molecule has 0 fully saturated rings. The summed E-state index contributed by atoms with van der Waals surface area (Å²) < 4.78 is 32.8. The molecule has 0 rings (SSSR count). The molecule has 0 bridgehead atoms. The first kappa shape index (κ1) is 6.81. The van der Waals surface area contributed by atoms with Crippen LogP contribution >= 0.6 is 0 Å². The summed E-state index contributed by atoms with van der Waals surface area (Å²) in [6.45, 7) is 0. The van der Waals surface area contributed by atoms with Crippen LogP contribution in [0.1, 0.15) is 0 Å². The maximum Gasteiger partial charge on any atom is 0.406 e. The van der Waals surface area contributed by atoms with Crippen LogP contribution in [-0.2, 0) is 0 Å². The summed E-state index contributed by atoms with van der Waals surface area (Å²) in [5, 5.41) is 7.76. The molecule has 0 amide bonds. The first-order valence-corrected chi connectivity index (χ1v) is 1.69. The summed E-state index contributed by atoms with van der Waals surface area (Å²) in [6.07, 6.45) is -4.44. The Hall–Kier alpha value is -0.185. The Bertz CT molecular complexity index is 58.4. The van der Waals surface area contributed by atoms with Gasteiger partial charge in [-0.15, -0.1) is 0 Å². The van der Waals surface area contributed by atoms with Crippen molar-refractivity contribution in [2.75, 3.05) is 0 Å². The third-order valence-electron chi connectivity index (χ3n) is 0.474. The molecule has 0 heterocycles. The van der Waals surface area contributed by atoms with Crippen LogP contribution in [0.4, 0.5) is 13.2 Å². The van der Waals surface area contributed by atoms with E-state index >= 15 is 0 Å². The number of alkyl halides is 3. The maximum absolute atomic E-state index is 10.9. The fourth-order valence-electron chi connectivity index (χ4n) is 0. The lowest BCUT2D eigenvalue weighted by Gasteiger charge is -2.06. The molecule has 1 unspecified atom stereocenters. The van der Waals surface area contributed by atoms with Crippen LogP contribution in [0.3, 0.4) is 0 Å². The van der Waals surface area contributed by atoms with E-state index in [2.05, 4.69) is 0 Å². The molecule has 0 saturated carbocycles. The largest absolute Gasteiger partial charge is 0.406 e. The lowest BCUT2D eigenvalue weighted by molar-refractivity contribution is -0.176. The van der Waals surface area contributed by atoms with Crippen LogP contribution < -0.4 is 0 Å². The smallest absolute Gasteiger partial charge is 0.393 e. The van der Waals surface area contributed by atoms with E-state index in [0.29, 0.717) is 7.85 Å². The van der Waals surface area contributed by atoms with Gasteiger partial charge in [0, 0.05) is 0 Å². The van der Waals surface area contributed by atoms with Gasteiger partial charge in [0.2, 0.25) is 0 Å². The van der Waals surface area contributed by atoms with E-state index in [9.17, 15) is 13.2 Å². The van der Waals surface area contributed by atoms with Gasteiger partial charge < -0.3 is 5.11 Å². The van der Waals surface area contributed by atoms with Crippen molar-refractivity contribution in [3.8, 4) is 0 Å². The molecule has 1 atom stereocenters. The number of rotatable bonds is 0. The van der Waals surface area contributed by atoms with Gasteiger partial charge in [0.15, 0.2) is 7.85 Å². The molecule has 0 aliphatic carbocycles. The topological polar surface area (TPSA) is 20.2 Å². The number of hydrogen-bond acceptors (Lipinski definition) is 1. The molecule has 0 aromatic carbocycles. The molecule has 0 spiro atoms. The second-order valence-corrected chi connectivity index (χ2v) is 1.22. The van der Waals surface area contributed by atoms with E-state index in [4.69, 9.17) is 5.11 Å². The Morgan fingerprint density at radius 3 is 1.57 bits per heavy atom. The molecule has 5 heteroatoms. The Morgan fingerprint density at radius 2 is 1.57 bits per heavy atom. The van der Waals surface area contributed by atoms with Gasteiger partial charge in [-0.25, -0.2) is 0 Å². The van der Waals surface area contributed by atoms with E-state index < -0.39 is 12.2 Å². The van der Waals surface area contributed by atoms with Crippen LogP contribution in [0, 0.1) is 0 Å². The minimum atomic E-state index is -4.44. The minimum absolute atomic E-state index is 0.681. The van der Waals surface area contributed by atoms with E-state index in [1.165, 1.54) is 0 Å². The Labute approximate surface area is 39.5 Å². The molecule has 0 aromatic rings. The molecule has 0 aliphatic rings. The summed E-state index contributed by atoms with van der Waals surface area (Å²) in [6, 6.07) is -2.20. The Kier molecular flexibility index (Phi) is 1.69. The molecular weight excluding hydrogens is 108 g/mol. The standard InChI is InChI=1S/C2H4BF3O/c3-1(7)2(4,5)6/h1,7H,3H2. The van der Waals surface area contributed by atoms with Gasteiger partial charge in [-0.3, -0.25) is 0 Å². The average molecular weight is 112 g/mol. The van der Waals surface area contributed by atoms with E-state index in [1.54, 1.807) is 0 Å². The fourth-order valence-corrected chi connectivity index (χ4v) is 0. The number of aliphatic hydroxyl groups is 1. The third kappa shape index (κ3) is 2.50. The van der Waals surface area contributed by atoms with Crippen LogP contribution in [0.5, 0.6) is 0 Å². The molecule has 0 saturated heterocycles. The van der Waals surface area contributed by atoms with Gasteiger partial charge in [-0.2, -0.15) is 13.2 Å². The van der Waals surface area contributed by atoms with Crippen molar-refractivity contribution in [3.63, 3.8) is 0 Å². The number of aliphatic hydroxyl groups excluding tert-OH is 1. The highest BCUT2D eigenvalue weighted by Crippen LogP contribution is 2.16. The third-order valence-corrected chi connectivity index (χ3v) is 0.474. The highest BCUT2D eigenvalue weighted by atomic mass is 19.4. The van der Waals surface area contributed by atoms with Crippen molar-refractivity contribution in [3.05, 3.63) is 0 Å². The fraction of sp³-hybridized carbons (Fsp3) is 1.00. The van der Waals surface area contributed by atoms with Gasteiger partial charge >= 0.3 is 6.18 Å². The second-order valence-electron chi connectivity index (χ2n) is 1.22. The lowest BCUT2D eigenvalue weighted by atomic mass is 10.0. The van der Waals surface area contributed by atoms with Crippen LogP contribution in [0.25, 0.3) is 0 Å². The van der Waals surface area contributed by atoms with Crippen molar-refractivity contribution >= 4 is 7.85 Å². The summed E-state index contributed by atoms with van der Waals surface area (Å²) in [5.41, 5.74) is 0. The quantitative estimate of drug-likeness (QED) is 0.418. The van der Waals surface area contributed by atoms with Crippen molar-refractivity contribution in [1.29, 1.82) is 0 Å². The van der Waals surface area contributed by atoms with Crippen molar-refractivity contribution in [2.45, 2.75) is 12.2 Å². The predicted octanol–water partition coefficient (Wildman–Crippen LogP) is -0.500. The summed E-state index contributed by atoms with van der Waals surface area (Å²) in [4.78, 5) is 0. The average Bonchev–Trinajstić information content (AvgIpc) is 1.31. The van der Waals surface area contributed by atoms with Crippen LogP contribution in [0.2, 0.25) is 0 Å². The van der Waals surface area contributed by atoms with E-state index in [0.717, 1.165) is 0 Å². The van der Waals surface area contributed by atoms with Gasteiger partial charge in [0.1, 0.15) is 6.00 Å². The lowest BCUT2D eigenvalue weighted by Crippen LogP contribution is -2.28. The molecular formula is C2H4BF3O. The number of halogens is 3. The monoisotopic (exact) mass is 112 g/mol. The first-order chi connectivity index (χ1) is 2.94. The SMILES string of the molecule is BC(O)C(F)(F)F. The molecule has 42 valence electrons. The van der Waals surface area contributed by atoms with Crippen LogP contribution in [-0.4, -0.2) is 25.1 Å². The van der Waals surface area contributed by atoms with Gasteiger partial charge in [-0.05, 0) is 0 Å². The van der Waals surface area contributed by atoms with Crippen molar-refractivity contribution in [2.24, 2.45) is 0 Å². The highest BCUT2D eigenvalue weighted by molar-refractivity contribution is 6.11. The zero-order chi connectivity index (χ0) is 6.08. The maximum atomic E-state index is 10.9. The summed E-state index contributed by atoms with van der Waals surface area (Å²) >= 11 is 0. The van der Waals surface area contributed by atoms with Crippen molar-refractivity contribution < 1.29 is 18.3 Å². The first-order valence-electron chi connectivity index (χ1n) is 1.69. The molecule has 0 aromatic heterocycles.